The molecule has 0 amide bonds. The van der Waals surface area contributed by atoms with Crippen molar-refractivity contribution in [3.8, 4) is 11.3 Å². The first-order chi connectivity index (χ1) is 11.3. The number of anilines is 2. The van der Waals surface area contributed by atoms with E-state index in [9.17, 15) is 4.79 Å². The van der Waals surface area contributed by atoms with E-state index in [1.54, 1.807) is 18.3 Å². The van der Waals surface area contributed by atoms with Crippen molar-refractivity contribution in [2.45, 2.75) is 0 Å². The third kappa shape index (κ3) is 2.72. The van der Waals surface area contributed by atoms with Gasteiger partial charge >= 0.3 is 5.63 Å². The van der Waals surface area contributed by atoms with Gasteiger partial charge in [-0.15, -0.1) is 11.3 Å². The summed E-state index contributed by atoms with van der Waals surface area (Å²) in [5.41, 5.74) is 1.23. The van der Waals surface area contributed by atoms with E-state index in [0.29, 0.717) is 27.8 Å². The lowest BCUT2D eigenvalue weighted by Gasteiger charge is -2.00. The van der Waals surface area contributed by atoms with Gasteiger partial charge in [-0.25, -0.2) is 14.8 Å². The van der Waals surface area contributed by atoms with Crippen LogP contribution in [0.1, 0.15) is 0 Å². The summed E-state index contributed by atoms with van der Waals surface area (Å²) in [4.78, 5) is 20.8. The average Bonchev–Trinajstić information content (AvgIpc) is 3.03. The lowest BCUT2D eigenvalue weighted by Crippen LogP contribution is -2.03. The predicted octanol–water partition coefficient (Wildman–Crippen LogP) is 4.06. The number of nitrogens with zero attached hydrogens (tertiary/aromatic N) is 2. The normalized spacial score (nSPS) is 10.8. The van der Waals surface area contributed by atoms with Crippen LogP contribution in [0.25, 0.3) is 22.2 Å². The van der Waals surface area contributed by atoms with Crippen LogP contribution < -0.4 is 10.9 Å². The Morgan fingerprint density at radius 3 is 2.83 bits per heavy atom. The number of hydrogen-bond acceptors (Lipinski definition) is 6. The van der Waals surface area contributed by atoms with Gasteiger partial charge in [0.25, 0.3) is 0 Å². The summed E-state index contributed by atoms with van der Waals surface area (Å²) in [6.07, 6.45) is 1.70. The number of para-hydroxylation sites is 1. The lowest BCUT2D eigenvalue weighted by molar-refractivity contribution is 0.563. The number of hydrogen-bond donors (Lipinski definition) is 1. The monoisotopic (exact) mass is 321 g/mol. The molecule has 3 aromatic heterocycles. The fourth-order valence-corrected chi connectivity index (χ4v) is 2.96. The molecular weight excluding hydrogens is 310 g/mol. The Morgan fingerprint density at radius 1 is 1.09 bits per heavy atom. The maximum atomic E-state index is 12.2. The summed E-state index contributed by atoms with van der Waals surface area (Å²) in [7, 11) is 0. The maximum absolute atomic E-state index is 12.2. The number of benzene rings is 1. The van der Waals surface area contributed by atoms with Crippen molar-refractivity contribution in [1.82, 2.24) is 9.97 Å². The first-order valence-corrected chi connectivity index (χ1v) is 7.84. The molecule has 0 atom stereocenters. The number of rotatable bonds is 3. The van der Waals surface area contributed by atoms with Gasteiger partial charge in [0.05, 0.1) is 11.3 Å². The second kappa shape index (κ2) is 5.66. The fourth-order valence-electron chi connectivity index (χ4n) is 2.24. The molecule has 0 aliphatic carbocycles. The Kier molecular flexibility index (Phi) is 3.36. The highest BCUT2D eigenvalue weighted by molar-refractivity contribution is 7.14. The Bertz CT molecular complexity index is 1020. The highest BCUT2D eigenvalue weighted by Crippen LogP contribution is 2.26. The summed E-state index contributed by atoms with van der Waals surface area (Å²) >= 11 is 1.41. The number of aromatic nitrogens is 2. The third-order valence-electron chi connectivity index (χ3n) is 3.32. The zero-order chi connectivity index (χ0) is 15.6. The molecule has 0 aliphatic rings. The minimum Gasteiger partial charge on any atom is -0.422 e. The summed E-state index contributed by atoms with van der Waals surface area (Å²) in [6.45, 7) is 0. The molecule has 0 unspecified atom stereocenters. The van der Waals surface area contributed by atoms with Crippen molar-refractivity contribution in [1.29, 1.82) is 0 Å². The molecule has 0 fully saturated rings. The predicted molar refractivity (Wildman–Crippen MR) is 91.1 cm³/mol. The van der Waals surface area contributed by atoms with Gasteiger partial charge in [-0.05, 0) is 24.3 Å². The molecule has 0 spiro atoms. The number of thiazole rings is 1. The van der Waals surface area contributed by atoms with Crippen molar-refractivity contribution >= 4 is 33.3 Å². The van der Waals surface area contributed by atoms with E-state index in [2.05, 4.69) is 15.3 Å². The molecule has 6 heteroatoms. The van der Waals surface area contributed by atoms with E-state index in [4.69, 9.17) is 4.42 Å². The van der Waals surface area contributed by atoms with Crippen LogP contribution in [0.3, 0.4) is 0 Å². The van der Waals surface area contributed by atoms with E-state index in [1.165, 1.54) is 11.3 Å². The molecule has 4 aromatic rings. The van der Waals surface area contributed by atoms with Gasteiger partial charge in [-0.2, -0.15) is 0 Å². The molecule has 3 heterocycles. The molecule has 1 aromatic carbocycles. The minimum atomic E-state index is -0.390. The Balaban J connectivity index is 1.71. The standard InChI is InChI=1S/C17H11N3O2S/c21-16-12(9-11-5-1-2-6-14(11)22-16)13-10-23-17(19-13)20-15-7-3-4-8-18-15/h1-10H,(H,18,19,20). The lowest BCUT2D eigenvalue weighted by atomic mass is 10.1. The highest BCUT2D eigenvalue weighted by atomic mass is 32.1. The van der Waals surface area contributed by atoms with Gasteiger partial charge in [-0.3, -0.25) is 0 Å². The molecule has 23 heavy (non-hydrogen) atoms. The molecule has 4 rings (SSSR count). The van der Waals surface area contributed by atoms with Crippen LogP contribution in [0.5, 0.6) is 0 Å². The smallest absolute Gasteiger partial charge is 0.345 e. The van der Waals surface area contributed by atoms with Gasteiger partial charge in [0.1, 0.15) is 11.4 Å². The molecule has 0 bridgehead atoms. The second-order valence-corrected chi connectivity index (χ2v) is 5.72. The second-order valence-electron chi connectivity index (χ2n) is 4.86. The van der Waals surface area contributed by atoms with Crippen LogP contribution in [0.15, 0.2) is 69.3 Å². The fraction of sp³-hybridized carbons (Fsp3) is 0. The third-order valence-corrected chi connectivity index (χ3v) is 4.08. The highest BCUT2D eigenvalue weighted by Gasteiger charge is 2.11. The summed E-state index contributed by atoms with van der Waals surface area (Å²) in [5, 5.41) is 6.48. The first-order valence-electron chi connectivity index (χ1n) is 6.96. The van der Waals surface area contributed by atoms with E-state index >= 15 is 0 Å². The number of nitrogens with one attached hydrogen (secondary N) is 1. The quantitative estimate of drug-likeness (QED) is 0.576. The van der Waals surface area contributed by atoms with Crippen LogP contribution in [-0.4, -0.2) is 9.97 Å². The molecule has 1 N–H and O–H groups in total. The summed E-state index contributed by atoms with van der Waals surface area (Å²) in [6, 6.07) is 14.8. The van der Waals surface area contributed by atoms with E-state index < -0.39 is 5.63 Å². The minimum absolute atomic E-state index is 0.390. The summed E-state index contributed by atoms with van der Waals surface area (Å²) in [5.74, 6) is 0.707. The van der Waals surface area contributed by atoms with Crippen LogP contribution in [0.2, 0.25) is 0 Å². The molecule has 0 saturated heterocycles. The molecule has 0 saturated carbocycles. The largest absolute Gasteiger partial charge is 0.422 e. The van der Waals surface area contributed by atoms with Crippen molar-refractivity contribution in [3.05, 3.63) is 70.5 Å². The van der Waals surface area contributed by atoms with Crippen molar-refractivity contribution in [3.63, 3.8) is 0 Å². The Labute approximate surface area is 135 Å². The SMILES string of the molecule is O=c1oc2ccccc2cc1-c1csc(Nc2ccccn2)n1. The van der Waals surface area contributed by atoms with E-state index in [1.807, 2.05) is 41.8 Å². The molecule has 5 nitrogen and oxygen atoms in total. The number of fused-ring (bicyclic) bond motifs is 1. The maximum Gasteiger partial charge on any atom is 0.345 e. The summed E-state index contributed by atoms with van der Waals surface area (Å²) < 4.78 is 5.35. The molecule has 0 aliphatic heterocycles. The van der Waals surface area contributed by atoms with E-state index in [-0.39, 0.29) is 0 Å². The first kappa shape index (κ1) is 13.7. The average molecular weight is 321 g/mol. The van der Waals surface area contributed by atoms with Crippen molar-refractivity contribution < 1.29 is 4.42 Å². The van der Waals surface area contributed by atoms with Gasteiger partial charge in [0.2, 0.25) is 0 Å². The molecule has 0 radical (unpaired) electrons. The zero-order valence-corrected chi connectivity index (χ0v) is 12.7. The van der Waals surface area contributed by atoms with Gasteiger partial charge < -0.3 is 9.73 Å². The van der Waals surface area contributed by atoms with Crippen LogP contribution in [0, 0.1) is 0 Å². The van der Waals surface area contributed by atoms with Crippen LogP contribution >= 0.6 is 11.3 Å². The zero-order valence-electron chi connectivity index (χ0n) is 11.9. The van der Waals surface area contributed by atoms with Gasteiger partial charge in [-0.1, -0.05) is 24.3 Å². The van der Waals surface area contributed by atoms with Crippen LogP contribution in [-0.2, 0) is 0 Å². The molecule has 112 valence electrons. The molecular formula is C17H11N3O2S. The topological polar surface area (TPSA) is 68.0 Å². The van der Waals surface area contributed by atoms with Crippen molar-refractivity contribution in [2.24, 2.45) is 0 Å². The van der Waals surface area contributed by atoms with E-state index in [0.717, 1.165) is 5.39 Å². The Hall–Kier alpha value is -2.99. The van der Waals surface area contributed by atoms with Crippen LogP contribution in [0.4, 0.5) is 10.9 Å². The van der Waals surface area contributed by atoms with Gasteiger partial charge in [0.15, 0.2) is 5.13 Å². The van der Waals surface area contributed by atoms with Crippen molar-refractivity contribution in [2.75, 3.05) is 5.32 Å². The van der Waals surface area contributed by atoms with Gasteiger partial charge in [0, 0.05) is 17.0 Å². The Morgan fingerprint density at radius 2 is 1.96 bits per heavy atom. The number of pyridine rings is 1.